The first-order valence-electron chi connectivity index (χ1n) is 10.1. The van der Waals surface area contributed by atoms with E-state index in [1.54, 1.807) is 24.3 Å². The molecule has 3 aromatic rings. The predicted molar refractivity (Wildman–Crippen MR) is 116 cm³/mol. The van der Waals surface area contributed by atoms with Crippen LogP contribution >= 0.6 is 0 Å². The van der Waals surface area contributed by atoms with E-state index in [4.69, 9.17) is 0 Å². The normalized spacial score (nSPS) is 14.4. The van der Waals surface area contributed by atoms with Gasteiger partial charge in [-0.3, -0.25) is 4.79 Å². The number of anilines is 2. The summed E-state index contributed by atoms with van der Waals surface area (Å²) in [5.74, 6) is -0.312. The SMILES string of the molecule is O=C(Nc1cccc(N2CCNCC2)c1)c1ccccc1-c1ccc(C(F)(F)F)cc1. The largest absolute Gasteiger partial charge is 0.416 e. The van der Waals surface area contributed by atoms with Gasteiger partial charge in [0.05, 0.1) is 5.56 Å². The molecule has 0 unspecified atom stereocenters. The van der Waals surface area contributed by atoms with Crippen LogP contribution in [0, 0.1) is 0 Å². The van der Waals surface area contributed by atoms with E-state index in [0.717, 1.165) is 44.0 Å². The summed E-state index contributed by atoms with van der Waals surface area (Å²) in [6, 6.07) is 19.4. The van der Waals surface area contributed by atoms with Crippen molar-refractivity contribution in [3.63, 3.8) is 0 Å². The number of carbonyl (C=O) groups is 1. The fraction of sp³-hybridized carbons (Fsp3) is 0.208. The molecule has 160 valence electrons. The Morgan fingerprint density at radius 1 is 0.903 bits per heavy atom. The minimum atomic E-state index is -4.40. The van der Waals surface area contributed by atoms with Crippen LogP contribution in [-0.2, 0) is 6.18 Å². The Balaban J connectivity index is 1.56. The molecule has 4 rings (SSSR count). The van der Waals surface area contributed by atoms with Crippen LogP contribution in [0.3, 0.4) is 0 Å². The Hall–Kier alpha value is -3.32. The zero-order chi connectivity index (χ0) is 21.8. The molecule has 1 saturated heterocycles. The van der Waals surface area contributed by atoms with Crippen molar-refractivity contribution in [1.82, 2.24) is 5.32 Å². The number of benzene rings is 3. The Morgan fingerprint density at radius 2 is 1.61 bits per heavy atom. The lowest BCUT2D eigenvalue weighted by molar-refractivity contribution is -0.137. The second-order valence-electron chi connectivity index (χ2n) is 7.36. The summed E-state index contributed by atoms with van der Waals surface area (Å²) in [4.78, 5) is 15.3. The molecule has 7 heteroatoms. The highest BCUT2D eigenvalue weighted by Gasteiger charge is 2.30. The van der Waals surface area contributed by atoms with Crippen LogP contribution in [-0.4, -0.2) is 32.1 Å². The lowest BCUT2D eigenvalue weighted by Gasteiger charge is -2.29. The third-order valence-electron chi connectivity index (χ3n) is 5.28. The van der Waals surface area contributed by atoms with Crippen molar-refractivity contribution in [2.45, 2.75) is 6.18 Å². The van der Waals surface area contributed by atoms with E-state index in [9.17, 15) is 18.0 Å². The van der Waals surface area contributed by atoms with Crippen molar-refractivity contribution in [3.05, 3.63) is 83.9 Å². The van der Waals surface area contributed by atoms with Gasteiger partial charge in [0, 0.05) is 43.1 Å². The molecule has 3 aromatic carbocycles. The molecule has 1 fully saturated rings. The highest BCUT2D eigenvalue weighted by Crippen LogP contribution is 2.32. The van der Waals surface area contributed by atoms with Gasteiger partial charge >= 0.3 is 6.18 Å². The lowest BCUT2D eigenvalue weighted by Crippen LogP contribution is -2.43. The van der Waals surface area contributed by atoms with Crippen LogP contribution in [0.15, 0.2) is 72.8 Å². The topological polar surface area (TPSA) is 44.4 Å². The van der Waals surface area contributed by atoms with Gasteiger partial charge in [-0.25, -0.2) is 0 Å². The summed E-state index contributed by atoms with van der Waals surface area (Å²) >= 11 is 0. The summed E-state index contributed by atoms with van der Waals surface area (Å²) in [7, 11) is 0. The van der Waals surface area contributed by atoms with E-state index in [2.05, 4.69) is 15.5 Å². The fourth-order valence-electron chi connectivity index (χ4n) is 3.67. The Morgan fingerprint density at radius 3 is 2.32 bits per heavy atom. The van der Waals surface area contributed by atoms with E-state index in [1.165, 1.54) is 12.1 Å². The monoisotopic (exact) mass is 425 g/mol. The van der Waals surface area contributed by atoms with E-state index in [-0.39, 0.29) is 5.91 Å². The average molecular weight is 425 g/mol. The number of hydrogen-bond acceptors (Lipinski definition) is 3. The summed E-state index contributed by atoms with van der Waals surface area (Å²) in [6.07, 6.45) is -4.40. The molecular formula is C24H22F3N3O. The number of halogens is 3. The molecule has 2 N–H and O–H groups in total. The van der Waals surface area contributed by atoms with Crippen LogP contribution in [0.2, 0.25) is 0 Å². The first-order chi connectivity index (χ1) is 14.9. The number of amides is 1. The first-order valence-corrected chi connectivity index (χ1v) is 10.1. The molecule has 1 aliphatic rings. The van der Waals surface area contributed by atoms with Crippen molar-refractivity contribution >= 4 is 17.3 Å². The number of hydrogen-bond donors (Lipinski definition) is 2. The zero-order valence-corrected chi connectivity index (χ0v) is 16.7. The standard InChI is InChI=1S/C24H22F3N3O/c25-24(26,27)18-10-8-17(9-11-18)21-6-1-2-7-22(21)23(31)29-19-4-3-5-20(16-19)30-14-12-28-13-15-30/h1-11,16,28H,12-15H2,(H,29,31). The smallest absolute Gasteiger partial charge is 0.369 e. The van der Waals surface area contributed by atoms with E-state index in [1.807, 2.05) is 24.3 Å². The maximum atomic E-state index is 13.0. The number of nitrogens with one attached hydrogen (secondary N) is 2. The molecule has 0 saturated carbocycles. The summed E-state index contributed by atoms with van der Waals surface area (Å²) < 4.78 is 38.6. The molecule has 31 heavy (non-hydrogen) atoms. The number of carbonyl (C=O) groups excluding carboxylic acids is 1. The van der Waals surface area contributed by atoms with Crippen LogP contribution < -0.4 is 15.5 Å². The molecular weight excluding hydrogens is 403 g/mol. The van der Waals surface area contributed by atoms with Crippen LogP contribution in [0.4, 0.5) is 24.5 Å². The highest BCUT2D eigenvalue weighted by atomic mass is 19.4. The van der Waals surface area contributed by atoms with Gasteiger partial charge in [0.15, 0.2) is 0 Å². The second kappa shape index (κ2) is 8.81. The molecule has 0 aromatic heterocycles. The van der Waals surface area contributed by atoms with Gasteiger partial charge in [-0.15, -0.1) is 0 Å². The Bertz CT molecular complexity index is 1060. The van der Waals surface area contributed by atoms with Gasteiger partial charge in [0.1, 0.15) is 0 Å². The first kappa shape index (κ1) is 20.9. The van der Waals surface area contributed by atoms with Crippen molar-refractivity contribution in [1.29, 1.82) is 0 Å². The van der Waals surface area contributed by atoms with Crippen LogP contribution in [0.1, 0.15) is 15.9 Å². The number of piperazine rings is 1. The minimum absolute atomic E-state index is 0.312. The summed E-state index contributed by atoms with van der Waals surface area (Å²) in [5, 5.41) is 6.23. The van der Waals surface area contributed by atoms with Crippen molar-refractivity contribution < 1.29 is 18.0 Å². The molecule has 1 aliphatic heterocycles. The zero-order valence-electron chi connectivity index (χ0n) is 16.7. The highest BCUT2D eigenvalue weighted by molar-refractivity contribution is 6.08. The number of nitrogens with zero attached hydrogens (tertiary/aromatic N) is 1. The van der Waals surface area contributed by atoms with Crippen molar-refractivity contribution in [2.24, 2.45) is 0 Å². The fourth-order valence-corrected chi connectivity index (χ4v) is 3.67. The third-order valence-corrected chi connectivity index (χ3v) is 5.28. The van der Waals surface area contributed by atoms with E-state index < -0.39 is 11.7 Å². The number of rotatable bonds is 4. The Labute approximate surface area is 178 Å². The van der Waals surface area contributed by atoms with Gasteiger partial charge in [-0.2, -0.15) is 13.2 Å². The molecule has 0 aliphatic carbocycles. The van der Waals surface area contributed by atoms with Gasteiger partial charge in [0.2, 0.25) is 0 Å². The van der Waals surface area contributed by atoms with Gasteiger partial charge in [0.25, 0.3) is 5.91 Å². The molecule has 0 spiro atoms. The second-order valence-corrected chi connectivity index (χ2v) is 7.36. The van der Waals surface area contributed by atoms with Crippen molar-refractivity contribution in [3.8, 4) is 11.1 Å². The molecule has 0 atom stereocenters. The van der Waals surface area contributed by atoms with Gasteiger partial charge in [-0.1, -0.05) is 36.4 Å². The summed E-state index contributed by atoms with van der Waals surface area (Å²) in [6.45, 7) is 3.62. The predicted octanol–water partition coefficient (Wildman–Crippen LogP) is 5.03. The molecule has 1 amide bonds. The van der Waals surface area contributed by atoms with Gasteiger partial charge in [-0.05, 0) is 47.5 Å². The lowest BCUT2D eigenvalue weighted by atomic mass is 9.98. The van der Waals surface area contributed by atoms with Crippen LogP contribution in [0.5, 0.6) is 0 Å². The molecule has 0 bridgehead atoms. The average Bonchev–Trinajstić information content (AvgIpc) is 2.79. The van der Waals surface area contributed by atoms with E-state index in [0.29, 0.717) is 22.4 Å². The minimum Gasteiger partial charge on any atom is -0.369 e. The Kier molecular flexibility index (Phi) is 5.95. The van der Waals surface area contributed by atoms with E-state index >= 15 is 0 Å². The van der Waals surface area contributed by atoms with Gasteiger partial charge < -0.3 is 15.5 Å². The molecule has 4 nitrogen and oxygen atoms in total. The molecule has 0 radical (unpaired) electrons. The summed E-state index contributed by atoms with van der Waals surface area (Å²) in [5.41, 5.74) is 2.51. The van der Waals surface area contributed by atoms with Crippen LogP contribution in [0.25, 0.3) is 11.1 Å². The molecule has 1 heterocycles. The third kappa shape index (κ3) is 4.88. The van der Waals surface area contributed by atoms with Crippen molar-refractivity contribution in [2.75, 3.05) is 36.4 Å². The quantitative estimate of drug-likeness (QED) is 0.616. The maximum Gasteiger partial charge on any atom is 0.416 e. The maximum absolute atomic E-state index is 13.0. The number of alkyl halides is 3.